The summed E-state index contributed by atoms with van der Waals surface area (Å²) in [7, 11) is 0. The summed E-state index contributed by atoms with van der Waals surface area (Å²) < 4.78 is 18.8. The first kappa shape index (κ1) is 14.1. The van der Waals surface area contributed by atoms with E-state index in [1.54, 1.807) is 12.1 Å². The zero-order chi connectivity index (χ0) is 13.8. The van der Waals surface area contributed by atoms with Gasteiger partial charge in [0.15, 0.2) is 0 Å². The highest BCUT2D eigenvalue weighted by Gasteiger charge is 2.13. The maximum absolute atomic E-state index is 13.1. The average Bonchev–Trinajstić information content (AvgIpc) is 2.40. The normalized spacial score (nSPS) is 12.2. The van der Waals surface area contributed by atoms with Crippen molar-refractivity contribution in [1.82, 2.24) is 0 Å². The Hall–Kier alpha value is -1.29. The molecule has 2 aromatic carbocycles. The van der Waals surface area contributed by atoms with E-state index in [1.807, 2.05) is 12.1 Å². The van der Waals surface area contributed by atoms with Gasteiger partial charge in [0.25, 0.3) is 0 Å². The fourth-order valence-electron chi connectivity index (χ4n) is 1.67. The van der Waals surface area contributed by atoms with E-state index in [0.29, 0.717) is 10.8 Å². The summed E-state index contributed by atoms with van der Waals surface area (Å²) in [5, 5.41) is 0.621. The molecule has 1 atom stereocenters. The third-order valence-electron chi connectivity index (χ3n) is 2.60. The van der Waals surface area contributed by atoms with Gasteiger partial charge in [-0.3, -0.25) is 0 Å². The fourth-order valence-corrected chi connectivity index (χ4v) is 2.04. The first-order valence-corrected chi connectivity index (χ1v) is 6.43. The number of hydrogen-bond donors (Lipinski definition) is 1. The molecule has 0 radical (unpaired) electrons. The van der Waals surface area contributed by atoms with E-state index in [9.17, 15) is 4.39 Å². The average molecular weight is 300 g/mol. The van der Waals surface area contributed by atoms with Gasteiger partial charge in [-0.25, -0.2) is 4.39 Å². The van der Waals surface area contributed by atoms with Crippen LogP contribution in [0.3, 0.4) is 0 Å². The fraction of sp³-hybridized carbons (Fsp3) is 0.143. The van der Waals surface area contributed by atoms with Crippen molar-refractivity contribution in [3.8, 4) is 5.75 Å². The van der Waals surface area contributed by atoms with Crippen molar-refractivity contribution >= 4 is 23.2 Å². The standard InChI is InChI=1S/C14H12Cl2FNO/c15-10-3-1-2-9(6-10)14(8-18)19-11-4-5-13(17)12(16)7-11/h1-7,14H,8,18H2. The minimum atomic E-state index is -0.485. The van der Waals surface area contributed by atoms with Crippen molar-refractivity contribution in [3.63, 3.8) is 0 Å². The van der Waals surface area contributed by atoms with Crippen molar-refractivity contribution in [2.24, 2.45) is 5.73 Å². The van der Waals surface area contributed by atoms with Gasteiger partial charge in [0.2, 0.25) is 0 Å². The molecule has 100 valence electrons. The Morgan fingerprint density at radius 3 is 2.58 bits per heavy atom. The Bertz CT molecular complexity index is 577. The molecule has 0 saturated carbocycles. The zero-order valence-corrected chi connectivity index (χ0v) is 11.5. The Morgan fingerprint density at radius 1 is 1.16 bits per heavy atom. The molecule has 1 unspecified atom stereocenters. The van der Waals surface area contributed by atoms with E-state index in [2.05, 4.69) is 0 Å². The minimum absolute atomic E-state index is 0.0133. The minimum Gasteiger partial charge on any atom is -0.484 e. The molecular formula is C14H12Cl2FNO. The highest BCUT2D eigenvalue weighted by molar-refractivity contribution is 6.31. The summed E-state index contributed by atoms with van der Waals surface area (Å²) in [4.78, 5) is 0. The predicted molar refractivity (Wildman–Crippen MR) is 75.3 cm³/mol. The summed E-state index contributed by atoms with van der Waals surface area (Å²) in [5.74, 6) is -0.0251. The lowest BCUT2D eigenvalue weighted by molar-refractivity contribution is 0.214. The second kappa shape index (κ2) is 6.24. The molecule has 0 fully saturated rings. The van der Waals surface area contributed by atoms with Crippen LogP contribution < -0.4 is 10.5 Å². The van der Waals surface area contributed by atoms with Crippen LogP contribution in [0.4, 0.5) is 4.39 Å². The molecule has 0 heterocycles. The van der Waals surface area contributed by atoms with Crippen LogP contribution in [0.15, 0.2) is 42.5 Å². The van der Waals surface area contributed by atoms with Crippen LogP contribution >= 0.6 is 23.2 Å². The molecule has 0 bridgehead atoms. The third kappa shape index (κ3) is 3.60. The van der Waals surface area contributed by atoms with Crippen LogP contribution in [0.2, 0.25) is 10.0 Å². The van der Waals surface area contributed by atoms with Gasteiger partial charge in [0.1, 0.15) is 17.7 Å². The lowest BCUT2D eigenvalue weighted by Crippen LogP contribution is -2.18. The Balaban J connectivity index is 2.21. The molecule has 0 aliphatic carbocycles. The van der Waals surface area contributed by atoms with E-state index in [-0.39, 0.29) is 17.7 Å². The summed E-state index contributed by atoms with van der Waals surface area (Å²) in [6.07, 6.45) is -0.361. The van der Waals surface area contributed by atoms with Gasteiger partial charge in [-0.2, -0.15) is 0 Å². The van der Waals surface area contributed by atoms with Crippen LogP contribution in [-0.4, -0.2) is 6.54 Å². The molecule has 2 N–H and O–H groups in total. The smallest absolute Gasteiger partial charge is 0.142 e. The van der Waals surface area contributed by atoms with Crippen LogP contribution in [0.5, 0.6) is 5.75 Å². The van der Waals surface area contributed by atoms with Gasteiger partial charge >= 0.3 is 0 Å². The molecule has 0 aliphatic rings. The van der Waals surface area contributed by atoms with Gasteiger partial charge in [-0.1, -0.05) is 35.3 Å². The highest BCUT2D eigenvalue weighted by Crippen LogP contribution is 2.26. The Morgan fingerprint density at radius 2 is 1.95 bits per heavy atom. The summed E-state index contributed by atoms with van der Waals surface area (Å²) in [5.41, 5.74) is 6.55. The largest absolute Gasteiger partial charge is 0.484 e. The summed E-state index contributed by atoms with van der Waals surface area (Å²) in [6.45, 7) is 0.273. The van der Waals surface area contributed by atoms with Gasteiger partial charge in [0.05, 0.1) is 5.02 Å². The SMILES string of the molecule is NCC(Oc1ccc(F)c(Cl)c1)c1cccc(Cl)c1. The molecule has 0 saturated heterocycles. The Kier molecular flexibility index (Phi) is 4.64. The number of ether oxygens (including phenoxy) is 1. The van der Waals surface area contributed by atoms with Crippen LogP contribution in [0, 0.1) is 5.82 Å². The molecule has 0 amide bonds. The first-order chi connectivity index (χ1) is 9.10. The molecule has 2 aromatic rings. The molecular weight excluding hydrogens is 288 g/mol. The van der Waals surface area contributed by atoms with Crippen LogP contribution in [-0.2, 0) is 0 Å². The quantitative estimate of drug-likeness (QED) is 0.918. The number of nitrogens with two attached hydrogens (primary N) is 1. The van der Waals surface area contributed by atoms with E-state index >= 15 is 0 Å². The molecule has 0 aliphatic heterocycles. The van der Waals surface area contributed by atoms with Gasteiger partial charge < -0.3 is 10.5 Å². The second-order valence-electron chi connectivity index (χ2n) is 3.97. The summed E-state index contributed by atoms with van der Waals surface area (Å²) >= 11 is 11.6. The number of benzene rings is 2. The van der Waals surface area contributed by atoms with Crippen molar-refractivity contribution in [3.05, 3.63) is 63.9 Å². The van der Waals surface area contributed by atoms with Gasteiger partial charge in [-0.05, 0) is 29.8 Å². The van der Waals surface area contributed by atoms with Crippen molar-refractivity contribution in [1.29, 1.82) is 0 Å². The van der Waals surface area contributed by atoms with Crippen molar-refractivity contribution < 1.29 is 9.13 Å². The lowest BCUT2D eigenvalue weighted by Gasteiger charge is -2.18. The van der Waals surface area contributed by atoms with E-state index < -0.39 is 5.82 Å². The zero-order valence-electron chi connectivity index (χ0n) is 9.95. The third-order valence-corrected chi connectivity index (χ3v) is 3.13. The predicted octanol–water partition coefficient (Wildman–Crippen LogP) is 4.21. The van der Waals surface area contributed by atoms with Crippen LogP contribution in [0.1, 0.15) is 11.7 Å². The van der Waals surface area contributed by atoms with E-state index in [0.717, 1.165) is 5.56 Å². The number of rotatable bonds is 4. The molecule has 19 heavy (non-hydrogen) atoms. The molecule has 0 aromatic heterocycles. The second-order valence-corrected chi connectivity index (χ2v) is 4.82. The van der Waals surface area contributed by atoms with E-state index in [1.165, 1.54) is 18.2 Å². The maximum atomic E-state index is 13.1. The number of hydrogen-bond acceptors (Lipinski definition) is 2. The lowest BCUT2D eigenvalue weighted by atomic mass is 10.1. The van der Waals surface area contributed by atoms with E-state index in [4.69, 9.17) is 33.7 Å². The Labute approximate surface area is 120 Å². The van der Waals surface area contributed by atoms with Crippen molar-refractivity contribution in [2.45, 2.75) is 6.10 Å². The number of halogens is 3. The highest BCUT2D eigenvalue weighted by atomic mass is 35.5. The maximum Gasteiger partial charge on any atom is 0.142 e. The first-order valence-electron chi connectivity index (χ1n) is 5.67. The molecule has 5 heteroatoms. The van der Waals surface area contributed by atoms with Crippen molar-refractivity contribution in [2.75, 3.05) is 6.54 Å². The molecule has 2 nitrogen and oxygen atoms in total. The topological polar surface area (TPSA) is 35.2 Å². The monoisotopic (exact) mass is 299 g/mol. The molecule has 2 rings (SSSR count). The van der Waals surface area contributed by atoms with Crippen LogP contribution in [0.25, 0.3) is 0 Å². The van der Waals surface area contributed by atoms with Gasteiger partial charge in [-0.15, -0.1) is 0 Å². The van der Waals surface area contributed by atoms with Gasteiger partial charge in [0, 0.05) is 17.6 Å². The molecule has 0 spiro atoms. The summed E-state index contributed by atoms with van der Waals surface area (Å²) in [6, 6.07) is 11.4.